The summed E-state index contributed by atoms with van der Waals surface area (Å²) in [5, 5.41) is 0. The number of nitrogens with one attached hydrogen (secondary N) is 2. The van der Waals surface area contributed by atoms with Crippen molar-refractivity contribution in [1.29, 1.82) is 0 Å². The third-order valence-corrected chi connectivity index (χ3v) is 5.11. The van der Waals surface area contributed by atoms with Gasteiger partial charge < -0.3 is 9.80 Å². The van der Waals surface area contributed by atoms with Crippen molar-refractivity contribution >= 4 is 27.6 Å². The van der Waals surface area contributed by atoms with Gasteiger partial charge in [-0.3, -0.25) is 19.3 Å². The van der Waals surface area contributed by atoms with Crippen LogP contribution in [0.5, 0.6) is 0 Å². The summed E-state index contributed by atoms with van der Waals surface area (Å²) in [6.07, 6.45) is 1.72. The minimum atomic E-state index is -3.50. The Morgan fingerprint density at radius 3 is 2.71 bits per heavy atom. The van der Waals surface area contributed by atoms with Crippen LogP contribution in [0, 0.1) is 0 Å². The third-order valence-electron chi connectivity index (χ3n) is 4.52. The van der Waals surface area contributed by atoms with Gasteiger partial charge in [0, 0.05) is 39.2 Å². The van der Waals surface area contributed by atoms with Crippen molar-refractivity contribution in [1.82, 2.24) is 14.9 Å². The van der Waals surface area contributed by atoms with Crippen LogP contribution in [-0.2, 0) is 10.0 Å². The lowest BCUT2D eigenvalue weighted by molar-refractivity contribution is 0.0791. The molecule has 0 bridgehead atoms. The van der Waals surface area contributed by atoms with Gasteiger partial charge in [0.15, 0.2) is 0 Å². The molecule has 1 aromatic heterocycles. The van der Waals surface area contributed by atoms with Gasteiger partial charge in [0.1, 0.15) is 0 Å². The number of rotatable bonds is 5. The highest BCUT2D eigenvalue weighted by molar-refractivity contribution is 7.92. The van der Waals surface area contributed by atoms with E-state index in [0.717, 1.165) is 6.26 Å². The van der Waals surface area contributed by atoms with Crippen LogP contribution in [0.25, 0.3) is 0 Å². The largest absolute Gasteiger partial charge is 0.348 e. The zero-order valence-corrected chi connectivity index (χ0v) is 16.8. The van der Waals surface area contributed by atoms with E-state index in [1.807, 2.05) is 0 Å². The van der Waals surface area contributed by atoms with E-state index in [-0.39, 0.29) is 23.1 Å². The standard InChI is InChI=1S/C18H23N5O4S/c1-22(2)18-19-15(10-16(24)20-18)12-8-9-23(11-12)17(25)13-6-4-5-7-14(13)21-28(3,26)27/h4-7,10,12,21H,8-9,11H2,1-3H3,(H,19,20,24)/t12-/m0/s1. The van der Waals surface area contributed by atoms with Crippen LogP contribution in [0.4, 0.5) is 11.6 Å². The molecule has 0 saturated carbocycles. The predicted octanol–water partition coefficient (Wildman–Crippen LogP) is 0.837. The topological polar surface area (TPSA) is 115 Å². The van der Waals surface area contributed by atoms with Gasteiger partial charge in [0.2, 0.25) is 16.0 Å². The summed E-state index contributed by atoms with van der Waals surface area (Å²) in [6, 6.07) is 7.98. The Balaban J connectivity index is 1.82. The van der Waals surface area contributed by atoms with E-state index in [1.165, 1.54) is 6.07 Å². The number of carbonyl (C=O) groups is 1. The van der Waals surface area contributed by atoms with Gasteiger partial charge in [-0.05, 0) is 18.6 Å². The first-order valence-electron chi connectivity index (χ1n) is 8.79. The van der Waals surface area contributed by atoms with Gasteiger partial charge >= 0.3 is 0 Å². The van der Waals surface area contributed by atoms with Gasteiger partial charge in [-0.2, -0.15) is 0 Å². The molecular formula is C18H23N5O4S. The quantitative estimate of drug-likeness (QED) is 0.762. The number of para-hydroxylation sites is 1. The van der Waals surface area contributed by atoms with Crippen molar-refractivity contribution in [2.75, 3.05) is 43.1 Å². The van der Waals surface area contributed by atoms with Crippen LogP contribution >= 0.6 is 0 Å². The number of amides is 1. The van der Waals surface area contributed by atoms with Crippen molar-refractivity contribution in [2.45, 2.75) is 12.3 Å². The molecule has 1 fully saturated rings. The van der Waals surface area contributed by atoms with E-state index in [0.29, 0.717) is 36.7 Å². The first kappa shape index (κ1) is 19.9. The smallest absolute Gasteiger partial charge is 0.256 e. The number of anilines is 2. The summed E-state index contributed by atoms with van der Waals surface area (Å²) in [5.74, 6) is 0.155. The number of aromatic amines is 1. The number of carbonyl (C=O) groups excluding carboxylic acids is 1. The zero-order chi connectivity index (χ0) is 20.5. The van der Waals surface area contributed by atoms with Crippen molar-refractivity contribution in [3.63, 3.8) is 0 Å². The fraction of sp³-hybridized carbons (Fsp3) is 0.389. The number of H-pyrrole nitrogens is 1. The lowest BCUT2D eigenvalue weighted by atomic mass is 10.0. The molecule has 9 nitrogen and oxygen atoms in total. The van der Waals surface area contributed by atoms with Crippen LogP contribution < -0.4 is 15.2 Å². The Hall–Kier alpha value is -2.88. The first-order valence-corrected chi connectivity index (χ1v) is 10.7. The van der Waals surface area contributed by atoms with Crippen LogP contribution in [0.1, 0.15) is 28.4 Å². The van der Waals surface area contributed by atoms with E-state index in [9.17, 15) is 18.0 Å². The minimum Gasteiger partial charge on any atom is -0.348 e. The maximum absolute atomic E-state index is 13.0. The number of hydrogen-bond acceptors (Lipinski definition) is 6. The molecular weight excluding hydrogens is 382 g/mol. The van der Waals surface area contributed by atoms with Crippen LogP contribution in [0.2, 0.25) is 0 Å². The molecule has 28 heavy (non-hydrogen) atoms. The predicted molar refractivity (Wildman–Crippen MR) is 107 cm³/mol. The summed E-state index contributed by atoms with van der Waals surface area (Å²) in [7, 11) is 0.0781. The molecule has 0 unspecified atom stereocenters. The van der Waals surface area contributed by atoms with Crippen molar-refractivity contribution < 1.29 is 13.2 Å². The zero-order valence-electron chi connectivity index (χ0n) is 16.0. The molecule has 3 rings (SSSR count). The fourth-order valence-electron chi connectivity index (χ4n) is 3.20. The average molecular weight is 405 g/mol. The monoisotopic (exact) mass is 405 g/mol. The maximum Gasteiger partial charge on any atom is 0.256 e. The number of nitrogens with zero attached hydrogens (tertiary/aromatic N) is 3. The summed E-state index contributed by atoms with van der Waals surface area (Å²) < 4.78 is 25.5. The molecule has 1 amide bonds. The van der Waals surface area contributed by atoms with Crippen molar-refractivity contribution in [3.8, 4) is 0 Å². The van der Waals surface area contributed by atoms with E-state index >= 15 is 0 Å². The molecule has 10 heteroatoms. The third kappa shape index (κ3) is 4.50. The lowest BCUT2D eigenvalue weighted by Crippen LogP contribution is -2.30. The Kier molecular flexibility index (Phi) is 5.41. The molecule has 2 N–H and O–H groups in total. The Bertz CT molecular complexity index is 1050. The Labute approximate surface area is 163 Å². The number of aromatic nitrogens is 2. The van der Waals surface area contributed by atoms with E-state index in [4.69, 9.17) is 0 Å². The van der Waals surface area contributed by atoms with Gasteiger partial charge in [0.05, 0.1) is 23.2 Å². The molecule has 1 aromatic carbocycles. The fourth-order valence-corrected chi connectivity index (χ4v) is 3.78. The van der Waals surface area contributed by atoms with E-state index in [2.05, 4.69) is 14.7 Å². The molecule has 0 spiro atoms. The highest BCUT2D eigenvalue weighted by Gasteiger charge is 2.30. The summed E-state index contributed by atoms with van der Waals surface area (Å²) in [6.45, 7) is 0.915. The first-order chi connectivity index (χ1) is 13.1. The average Bonchev–Trinajstić information content (AvgIpc) is 3.10. The summed E-state index contributed by atoms with van der Waals surface area (Å²) in [4.78, 5) is 35.4. The number of sulfonamides is 1. The number of likely N-dealkylation sites (tertiary alicyclic amines) is 1. The second-order valence-electron chi connectivity index (χ2n) is 7.04. The van der Waals surface area contributed by atoms with Crippen molar-refractivity contribution in [2.24, 2.45) is 0 Å². The van der Waals surface area contributed by atoms with E-state index < -0.39 is 10.0 Å². The number of benzene rings is 1. The van der Waals surface area contributed by atoms with Crippen LogP contribution in [0.15, 0.2) is 35.1 Å². The minimum absolute atomic E-state index is 0.0556. The molecule has 1 atom stereocenters. The molecule has 1 aliphatic heterocycles. The summed E-state index contributed by atoms with van der Waals surface area (Å²) in [5.41, 5.74) is 0.954. The van der Waals surface area contributed by atoms with Crippen LogP contribution in [-0.4, -0.2) is 62.6 Å². The SMILES string of the molecule is CN(C)c1nc([C@H]2CCN(C(=O)c3ccccc3NS(C)(=O)=O)C2)cc(=O)[nH]1. The van der Waals surface area contributed by atoms with Gasteiger partial charge in [-0.1, -0.05) is 12.1 Å². The molecule has 0 radical (unpaired) electrons. The molecule has 0 aliphatic carbocycles. The van der Waals surface area contributed by atoms with Gasteiger partial charge in [-0.25, -0.2) is 13.4 Å². The number of hydrogen-bond donors (Lipinski definition) is 2. The van der Waals surface area contributed by atoms with E-state index in [1.54, 1.807) is 48.2 Å². The normalized spacial score (nSPS) is 16.8. The highest BCUT2D eigenvalue weighted by atomic mass is 32.2. The maximum atomic E-state index is 13.0. The molecule has 150 valence electrons. The molecule has 2 aromatic rings. The Morgan fingerprint density at radius 2 is 2.04 bits per heavy atom. The van der Waals surface area contributed by atoms with Crippen LogP contribution in [0.3, 0.4) is 0 Å². The summed E-state index contributed by atoms with van der Waals surface area (Å²) >= 11 is 0. The Morgan fingerprint density at radius 1 is 1.32 bits per heavy atom. The van der Waals surface area contributed by atoms with Gasteiger partial charge in [-0.15, -0.1) is 0 Å². The second kappa shape index (κ2) is 7.63. The second-order valence-corrected chi connectivity index (χ2v) is 8.79. The van der Waals surface area contributed by atoms with Gasteiger partial charge in [0.25, 0.3) is 11.5 Å². The van der Waals surface area contributed by atoms with Crippen molar-refractivity contribution in [3.05, 3.63) is 51.9 Å². The molecule has 1 saturated heterocycles. The highest BCUT2D eigenvalue weighted by Crippen LogP contribution is 2.28. The molecule has 2 heterocycles. The molecule has 1 aliphatic rings. The lowest BCUT2D eigenvalue weighted by Gasteiger charge is -2.19.